The third-order valence-corrected chi connectivity index (χ3v) is 4.94. The zero-order valence-electron chi connectivity index (χ0n) is 9.66. The van der Waals surface area contributed by atoms with E-state index in [0.29, 0.717) is 17.2 Å². The first-order chi connectivity index (χ1) is 7.00. The summed E-state index contributed by atoms with van der Waals surface area (Å²) in [6.07, 6.45) is 1.08. The minimum absolute atomic E-state index is 0.332. The van der Waals surface area contributed by atoms with Gasteiger partial charge in [0.15, 0.2) is 0 Å². The van der Waals surface area contributed by atoms with Gasteiger partial charge in [0.05, 0.1) is 0 Å². The third-order valence-electron chi connectivity index (χ3n) is 3.09. The molecule has 2 heteroatoms. The van der Waals surface area contributed by atoms with Crippen LogP contribution in [0.5, 0.6) is 0 Å². The first-order valence-electron chi connectivity index (χ1n) is 5.59. The lowest BCUT2D eigenvalue weighted by atomic mass is 10.1. The fraction of sp³-hybridized carbons (Fsp3) is 0.462. The van der Waals surface area contributed by atoms with Crippen LogP contribution in [-0.2, 0) is 4.79 Å². The van der Waals surface area contributed by atoms with Gasteiger partial charge in [-0.05, 0) is 17.9 Å². The summed E-state index contributed by atoms with van der Waals surface area (Å²) in [6, 6.07) is 10.4. The predicted octanol–water partition coefficient (Wildman–Crippen LogP) is 3.24. The second kappa shape index (κ2) is 3.60. The molecule has 2 rings (SSSR count). The van der Waals surface area contributed by atoms with Gasteiger partial charge in [-0.2, -0.15) is 0 Å². The number of carbonyl (C=O) groups excluding carboxylic acids is 1. The molecule has 0 aromatic heterocycles. The van der Waals surface area contributed by atoms with Crippen molar-refractivity contribution in [1.29, 1.82) is 0 Å². The van der Waals surface area contributed by atoms with Gasteiger partial charge in [0.2, 0.25) is 0 Å². The Hall–Kier alpha value is -0.893. The molecule has 1 aromatic carbocycles. The summed E-state index contributed by atoms with van der Waals surface area (Å²) in [6.45, 7) is 6.45. The van der Waals surface area contributed by atoms with Gasteiger partial charge in [-0.25, -0.2) is 0 Å². The largest absolute Gasteiger partial charge is 0.305 e. The van der Waals surface area contributed by atoms with Crippen molar-refractivity contribution in [1.82, 2.24) is 0 Å². The average Bonchev–Trinajstić information content (AvgIpc) is 2.96. The molecular formula is C13H18OSi. The van der Waals surface area contributed by atoms with E-state index in [-0.39, 0.29) is 0 Å². The minimum Gasteiger partial charge on any atom is -0.305 e. The van der Waals surface area contributed by atoms with Crippen LogP contribution >= 0.6 is 0 Å². The predicted molar refractivity (Wildman–Crippen MR) is 65.6 cm³/mol. The smallest absolute Gasteiger partial charge is 0.124 e. The maximum Gasteiger partial charge on any atom is 0.124 e. The second-order valence-electron chi connectivity index (χ2n) is 5.47. The molecule has 15 heavy (non-hydrogen) atoms. The normalized spacial score (nSPS) is 25.0. The number of hydrogen-bond donors (Lipinski definition) is 0. The van der Waals surface area contributed by atoms with Gasteiger partial charge < -0.3 is 4.79 Å². The summed E-state index contributed by atoms with van der Waals surface area (Å²) < 4.78 is 0. The van der Waals surface area contributed by atoms with E-state index in [9.17, 15) is 4.79 Å². The molecule has 2 atom stereocenters. The van der Waals surface area contributed by atoms with Crippen LogP contribution in [0.4, 0.5) is 0 Å². The van der Waals surface area contributed by atoms with Gasteiger partial charge in [0.1, 0.15) is 13.5 Å². The summed E-state index contributed by atoms with van der Waals surface area (Å²) >= 11 is 0. The Morgan fingerprint density at radius 1 is 1.20 bits per heavy atom. The Morgan fingerprint density at radius 2 is 1.80 bits per heavy atom. The molecule has 1 nitrogen and oxygen atoms in total. The standard InChI is InChI=1S/C13H18OSi/c1-15(2,3)13(14)12-9-11(12)10-7-5-4-6-8-10/h4-8,11-12H,9H2,1-3H3/t11-,12?/m1/s1. The fourth-order valence-corrected chi connectivity index (χ4v) is 3.54. The van der Waals surface area contributed by atoms with Crippen molar-refractivity contribution in [2.75, 3.05) is 0 Å². The molecule has 0 heterocycles. The summed E-state index contributed by atoms with van der Waals surface area (Å²) in [5, 5.41) is 0.552. The zero-order valence-corrected chi connectivity index (χ0v) is 10.7. The zero-order chi connectivity index (χ0) is 11.1. The van der Waals surface area contributed by atoms with Crippen molar-refractivity contribution >= 4 is 13.5 Å². The molecule has 80 valence electrons. The van der Waals surface area contributed by atoms with Crippen molar-refractivity contribution in [3.8, 4) is 0 Å². The van der Waals surface area contributed by atoms with Crippen LogP contribution in [0.15, 0.2) is 30.3 Å². The van der Waals surface area contributed by atoms with E-state index in [2.05, 4.69) is 43.9 Å². The molecule has 1 aliphatic carbocycles. The minimum atomic E-state index is -1.57. The third kappa shape index (κ3) is 2.20. The van der Waals surface area contributed by atoms with Crippen LogP contribution in [0, 0.1) is 5.92 Å². The highest BCUT2D eigenvalue weighted by Gasteiger charge is 2.47. The number of carbonyl (C=O) groups is 1. The second-order valence-corrected chi connectivity index (χ2v) is 10.5. The molecule has 1 unspecified atom stereocenters. The van der Waals surface area contributed by atoms with Crippen LogP contribution in [0.2, 0.25) is 19.6 Å². The number of hydrogen-bond acceptors (Lipinski definition) is 1. The monoisotopic (exact) mass is 218 g/mol. The summed E-state index contributed by atoms with van der Waals surface area (Å²) in [4.78, 5) is 12.1. The van der Waals surface area contributed by atoms with Crippen molar-refractivity contribution in [2.24, 2.45) is 5.92 Å². The molecule has 1 aliphatic rings. The average molecular weight is 218 g/mol. The van der Waals surface area contributed by atoms with Crippen LogP contribution < -0.4 is 0 Å². The Bertz CT molecular complexity index is 364. The molecule has 0 saturated heterocycles. The van der Waals surface area contributed by atoms with E-state index in [4.69, 9.17) is 0 Å². The van der Waals surface area contributed by atoms with E-state index in [0.717, 1.165) is 6.42 Å². The summed E-state index contributed by atoms with van der Waals surface area (Å²) in [5.74, 6) is 0.851. The van der Waals surface area contributed by atoms with Crippen LogP contribution in [0.25, 0.3) is 0 Å². The maximum atomic E-state index is 12.1. The molecule has 1 aromatic rings. The molecule has 0 radical (unpaired) electrons. The molecule has 1 fully saturated rings. The Balaban J connectivity index is 2.06. The van der Waals surface area contributed by atoms with E-state index in [1.54, 1.807) is 0 Å². The first kappa shape index (κ1) is 10.6. The molecule has 0 aliphatic heterocycles. The van der Waals surface area contributed by atoms with E-state index in [1.165, 1.54) is 5.56 Å². The lowest BCUT2D eigenvalue weighted by Gasteiger charge is -2.13. The SMILES string of the molecule is C[Si](C)(C)C(=O)C1C[C@@H]1c1ccccc1. The van der Waals surface area contributed by atoms with Gasteiger partial charge in [0, 0.05) is 5.92 Å². The quantitative estimate of drug-likeness (QED) is 0.712. The van der Waals surface area contributed by atoms with Crippen LogP contribution in [-0.4, -0.2) is 13.5 Å². The Kier molecular flexibility index (Phi) is 2.55. The van der Waals surface area contributed by atoms with Crippen molar-refractivity contribution < 1.29 is 4.79 Å². The summed E-state index contributed by atoms with van der Waals surface area (Å²) in [5.41, 5.74) is 1.34. The highest BCUT2D eigenvalue weighted by molar-refractivity contribution is 7.03. The highest BCUT2D eigenvalue weighted by Crippen LogP contribution is 2.49. The Morgan fingerprint density at radius 3 is 2.33 bits per heavy atom. The molecule has 0 bridgehead atoms. The number of benzene rings is 1. The van der Waals surface area contributed by atoms with Crippen LogP contribution in [0.3, 0.4) is 0 Å². The topological polar surface area (TPSA) is 17.1 Å². The van der Waals surface area contributed by atoms with Crippen molar-refractivity contribution in [3.05, 3.63) is 35.9 Å². The van der Waals surface area contributed by atoms with Gasteiger partial charge in [-0.1, -0.05) is 50.0 Å². The van der Waals surface area contributed by atoms with Gasteiger partial charge in [0.25, 0.3) is 0 Å². The van der Waals surface area contributed by atoms with Crippen molar-refractivity contribution in [2.45, 2.75) is 32.0 Å². The first-order valence-corrected chi connectivity index (χ1v) is 9.09. The van der Waals surface area contributed by atoms with Gasteiger partial charge in [-0.3, -0.25) is 0 Å². The summed E-state index contributed by atoms with van der Waals surface area (Å²) in [7, 11) is -1.57. The molecule has 0 spiro atoms. The van der Waals surface area contributed by atoms with E-state index >= 15 is 0 Å². The van der Waals surface area contributed by atoms with Crippen LogP contribution in [0.1, 0.15) is 17.9 Å². The van der Waals surface area contributed by atoms with Gasteiger partial charge in [-0.15, -0.1) is 0 Å². The fourth-order valence-electron chi connectivity index (χ4n) is 2.11. The maximum absolute atomic E-state index is 12.1. The van der Waals surface area contributed by atoms with E-state index < -0.39 is 8.07 Å². The van der Waals surface area contributed by atoms with Gasteiger partial charge >= 0.3 is 0 Å². The Labute approximate surface area is 92.5 Å². The lowest BCUT2D eigenvalue weighted by molar-refractivity contribution is -0.113. The number of rotatable bonds is 3. The van der Waals surface area contributed by atoms with E-state index in [1.807, 2.05) is 6.07 Å². The highest BCUT2D eigenvalue weighted by atomic mass is 28.3. The lowest BCUT2D eigenvalue weighted by Crippen LogP contribution is -2.35. The molecular weight excluding hydrogens is 200 g/mol. The molecule has 0 amide bonds. The van der Waals surface area contributed by atoms with Crippen molar-refractivity contribution in [3.63, 3.8) is 0 Å². The molecule has 1 saturated carbocycles. The molecule has 0 N–H and O–H groups in total.